The molecule has 3 aromatic rings. The average Bonchev–Trinajstić information content (AvgIpc) is 3.23. The Hall–Kier alpha value is -2.84. The van der Waals surface area contributed by atoms with Crippen molar-refractivity contribution in [3.63, 3.8) is 0 Å². The molecule has 4 rings (SSSR count). The van der Waals surface area contributed by atoms with Crippen LogP contribution in [0.15, 0.2) is 36.7 Å². The summed E-state index contributed by atoms with van der Waals surface area (Å²) in [5.41, 5.74) is 1.18. The Labute approximate surface area is 195 Å². The first kappa shape index (κ1) is 22.4. The highest BCUT2D eigenvalue weighted by Crippen LogP contribution is 2.33. The molecule has 2 aromatic carbocycles. The summed E-state index contributed by atoms with van der Waals surface area (Å²) in [5.74, 6) is -0.230. The largest absolute Gasteiger partial charge is 0.444 e. The van der Waals surface area contributed by atoms with E-state index < -0.39 is 11.4 Å². The molecule has 0 aliphatic carbocycles. The SMILES string of the molecule is CC(C)(C)OC(=O)N1CCN(c2ccc3ncnc(Nc4ccc(Cl)c(Cl)c4F)c3c2)C1. The van der Waals surface area contributed by atoms with Crippen LogP contribution in [-0.4, -0.2) is 46.3 Å². The second-order valence-electron chi connectivity index (χ2n) is 8.42. The van der Waals surface area contributed by atoms with Crippen LogP contribution >= 0.6 is 23.2 Å². The van der Waals surface area contributed by atoms with Gasteiger partial charge in [0, 0.05) is 24.2 Å². The number of rotatable bonds is 3. The van der Waals surface area contributed by atoms with Crippen LogP contribution in [0.3, 0.4) is 0 Å². The monoisotopic (exact) mass is 477 g/mol. The molecule has 0 atom stereocenters. The highest BCUT2D eigenvalue weighted by molar-refractivity contribution is 6.42. The summed E-state index contributed by atoms with van der Waals surface area (Å²) in [6.45, 7) is 7.13. The molecule has 0 bridgehead atoms. The van der Waals surface area contributed by atoms with Crippen LogP contribution in [0.1, 0.15) is 20.8 Å². The van der Waals surface area contributed by atoms with Gasteiger partial charge < -0.3 is 15.0 Å². The van der Waals surface area contributed by atoms with Crippen LogP contribution in [0.4, 0.5) is 26.4 Å². The van der Waals surface area contributed by atoms with Crippen LogP contribution in [-0.2, 0) is 4.74 Å². The summed E-state index contributed by atoms with van der Waals surface area (Å²) < 4.78 is 20.0. The molecule has 2 heterocycles. The number of nitrogens with zero attached hydrogens (tertiary/aromatic N) is 4. The van der Waals surface area contributed by atoms with Crippen molar-refractivity contribution < 1.29 is 13.9 Å². The van der Waals surface area contributed by atoms with E-state index in [0.717, 1.165) is 5.69 Å². The number of amides is 1. The number of aromatic nitrogens is 2. The molecule has 1 aliphatic heterocycles. The van der Waals surface area contributed by atoms with Gasteiger partial charge in [-0.2, -0.15) is 0 Å². The normalized spacial score (nSPS) is 14.2. The van der Waals surface area contributed by atoms with Crippen LogP contribution < -0.4 is 10.2 Å². The fourth-order valence-electron chi connectivity index (χ4n) is 3.37. The Morgan fingerprint density at radius 3 is 2.69 bits per heavy atom. The van der Waals surface area contributed by atoms with E-state index in [1.165, 1.54) is 18.5 Å². The van der Waals surface area contributed by atoms with Crippen molar-refractivity contribution in [3.05, 3.63) is 52.5 Å². The van der Waals surface area contributed by atoms with Gasteiger partial charge in [-0.05, 0) is 51.1 Å². The minimum atomic E-state index is -0.658. The third-order valence-electron chi connectivity index (χ3n) is 4.91. The van der Waals surface area contributed by atoms with E-state index >= 15 is 0 Å². The van der Waals surface area contributed by atoms with Gasteiger partial charge in [0.1, 0.15) is 17.7 Å². The Morgan fingerprint density at radius 1 is 1.16 bits per heavy atom. The Bertz CT molecular complexity index is 1180. The molecule has 0 spiro atoms. The number of fused-ring (bicyclic) bond motifs is 1. The first-order valence-corrected chi connectivity index (χ1v) is 10.8. The number of hydrogen-bond donors (Lipinski definition) is 1. The first-order valence-electron chi connectivity index (χ1n) is 10.0. The Morgan fingerprint density at radius 2 is 1.94 bits per heavy atom. The van der Waals surface area contributed by atoms with Crippen molar-refractivity contribution in [3.8, 4) is 0 Å². The number of ether oxygens (including phenoxy) is 1. The smallest absolute Gasteiger partial charge is 0.411 e. The van der Waals surface area contributed by atoms with Gasteiger partial charge in [-0.3, -0.25) is 4.90 Å². The lowest BCUT2D eigenvalue weighted by Gasteiger charge is -2.25. The lowest BCUT2D eigenvalue weighted by atomic mass is 10.2. The Balaban J connectivity index is 1.60. The quantitative estimate of drug-likeness (QED) is 0.478. The number of anilines is 3. The van der Waals surface area contributed by atoms with E-state index in [1.807, 2.05) is 39.0 Å². The van der Waals surface area contributed by atoms with Gasteiger partial charge in [0.05, 0.1) is 27.9 Å². The first-order chi connectivity index (χ1) is 15.1. The molecule has 1 amide bonds. The second-order valence-corrected chi connectivity index (χ2v) is 9.21. The molecule has 1 fully saturated rings. The van der Waals surface area contributed by atoms with E-state index in [9.17, 15) is 9.18 Å². The van der Waals surface area contributed by atoms with E-state index in [2.05, 4.69) is 20.2 Å². The summed E-state index contributed by atoms with van der Waals surface area (Å²) in [7, 11) is 0. The third kappa shape index (κ3) is 4.66. The fraction of sp³-hybridized carbons (Fsp3) is 0.318. The molecular formula is C22H22Cl2FN5O2. The van der Waals surface area contributed by atoms with Crippen molar-refractivity contribution in [2.45, 2.75) is 26.4 Å². The number of halogens is 3. The summed E-state index contributed by atoms with van der Waals surface area (Å²) in [5, 5.41) is 3.66. The number of benzene rings is 2. The highest BCUT2D eigenvalue weighted by Gasteiger charge is 2.28. The molecule has 1 saturated heterocycles. The number of nitrogens with one attached hydrogen (secondary N) is 1. The van der Waals surface area contributed by atoms with Gasteiger partial charge in [-0.1, -0.05) is 23.2 Å². The number of carbonyl (C=O) groups excluding carboxylic acids is 1. The Kier molecular flexibility index (Phi) is 6.01. The highest BCUT2D eigenvalue weighted by atomic mass is 35.5. The van der Waals surface area contributed by atoms with Crippen LogP contribution in [0, 0.1) is 5.82 Å². The minimum absolute atomic E-state index is 0.133. The summed E-state index contributed by atoms with van der Waals surface area (Å²) in [6.07, 6.45) is 1.06. The molecule has 10 heteroatoms. The van der Waals surface area contributed by atoms with Crippen molar-refractivity contribution in [2.75, 3.05) is 30.0 Å². The maximum atomic E-state index is 14.5. The summed E-state index contributed by atoms with van der Waals surface area (Å²) >= 11 is 11.8. The second kappa shape index (κ2) is 8.60. The van der Waals surface area contributed by atoms with Crippen LogP contribution in [0.25, 0.3) is 10.9 Å². The van der Waals surface area contributed by atoms with Gasteiger partial charge in [0.15, 0.2) is 5.82 Å². The van der Waals surface area contributed by atoms with Gasteiger partial charge in [-0.25, -0.2) is 19.2 Å². The van der Waals surface area contributed by atoms with E-state index in [-0.39, 0.29) is 21.8 Å². The summed E-state index contributed by atoms with van der Waals surface area (Å²) in [4.78, 5) is 24.7. The zero-order chi connectivity index (χ0) is 23.0. The molecule has 0 unspecified atom stereocenters. The standard InChI is InChI=1S/C22H22Cl2FN5O2/c1-22(2,3)32-21(31)30-9-8-29(12-30)13-4-6-16-14(10-13)20(27-11-26-16)28-17-7-5-15(23)18(24)19(17)25/h4-7,10-11H,8-9,12H2,1-3H3,(H,26,27,28). The number of carbonyl (C=O) groups is 1. The molecular weight excluding hydrogens is 456 g/mol. The van der Waals surface area contributed by atoms with Crippen molar-refractivity contribution in [1.29, 1.82) is 0 Å². The lowest BCUT2D eigenvalue weighted by Crippen LogP contribution is -2.36. The van der Waals surface area contributed by atoms with Gasteiger partial charge >= 0.3 is 6.09 Å². The third-order valence-corrected chi connectivity index (χ3v) is 5.69. The molecule has 1 N–H and O–H groups in total. The van der Waals surface area contributed by atoms with E-state index in [0.29, 0.717) is 36.5 Å². The molecule has 7 nitrogen and oxygen atoms in total. The molecule has 168 valence electrons. The minimum Gasteiger partial charge on any atom is -0.444 e. The fourth-order valence-corrected chi connectivity index (χ4v) is 3.68. The lowest BCUT2D eigenvalue weighted by molar-refractivity contribution is 0.0297. The van der Waals surface area contributed by atoms with Crippen LogP contribution in [0.2, 0.25) is 10.0 Å². The maximum absolute atomic E-state index is 14.5. The maximum Gasteiger partial charge on any atom is 0.411 e. The topological polar surface area (TPSA) is 70.6 Å². The van der Waals surface area contributed by atoms with Crippen molar-refractivity contribution in [2.24, 2.45) is 0 Å². The predicted octanol–water partition coefficient (Wildman–Crippen LogP) is 5.83. The van der Waals surface area contributed by atoms with Gasteiger partial charge in [0.2, 0.25) is 0 Å². The zero-order valence-electron chi connectivity index (χ0n) is 17.8. The van der Waals surface area contributed by atoms with Gasteiger partial charge in [0.25, 0.3) is 0 Å². The summed E-state index contributed by atoms with van der Waals surface area (Å²) in [6, 6.07) is 8.71. The van der Waals surface area contributed by atoms with Crippen molar-refractivity contribution in [1.82, 2.24) is 14.9 Å². The zero-order valence-corrected chi connectivity index (χ0v) is 19.3. The molecule has 0 saturated carbocycles. The van der Waals surface area contributed by atoms with Crippen molar-refractivity contribution >= 4 is 57.4 Å². The van der Waals surface area contributed by atoms with Crippen LogP contribution in [0.5, 0.6) is 0 Å². The molecule has 1 aromatic heterocycles. The van der Waals surface area contributed by atoms with E-state index in [1.54, 1.807) is 4.90 Å². The van der Waals surface area contributed by atoms with E-state index in [4.69, 9.17) is 27.9 Å². The predicted molar refractivity (Wildman–Crippen MR) is 124 cm³/mol. The van der Waals surface area contributed by atoms with Gasteiger partial charge in [-0.15, -0.1) is 0 Å². The molecule has 1 aliphatic rings. The number of hydrogen-bond acceptors (Lipinski definition) is 6. The molecule has 0 radical (unpaired) electrons. The molecule has 32 heavy (non-hydrogen) atoms. The average molecular weight is 478 g/mol.